The lowest BCUT2D eigenvalue weighted by Crippen LogP contribution is -2.20. The van der Waals surface area contributed by atoms with E-state index < -0.39 is 12.3 Å². The van der Waals surface area contributed by atoms with E-state index in [0.717, 1.165) is 10.8 Å². The van der Waals surface area contributed by atoms with Gasteiger partial charge in [0.15, 0.2) is 0 Å². The highest BCUT2D eigenvalue weighted by Gasteiger charge is 2.26. The van der Waals surface area contributed by atoms with Gasteiger partial charge in [-0.3, -0.25) is 0 Å². The van der Waals surface area contributed by atoms with Gasteiger partial charge in [-0.15, -0.1) is 0 Å². The van der Waals surface area contributed by atoms with Gasteiger partial charge >= 0.3 is 0 Å². The number of fused-ring (bicyclic) bond motifs is 1. The highest BCUT2D eigenvalue weighted by molar-refractivity contribution is 5.88. The van der Waals surface area contributed by atoms with Gasteiger partial charge in [0, 0.05) is 12.1 Å². The van der Waals surface area contributed by atoms with E-state index in [4.69, 9.17) is 10.5 Å². The van der Waals surface area contributed by atoms with Gasteiger partial charge in [-0.05, 0) is 16.8 Å². The van der Waals surface area contributed by atoms with E-state index in [0.29, 0.717) is 11.3 Å². The molecule has 1 atom stereocenters. The number of rotatable bonds is 4. The molecule has 0 fully saturated rings. The molecular formula is C14H15F2NO. The fraction of sp³-hybridized carbons (Fsp3) is 0.286. The largest absolute Gasteiger partial charge is 0.496 e. The van der Waals surface area contributed by atoms with Crippen molar-refractivity contribution in [2.24, 2.45) is 5.73 Å². The summed E-state index contributed by atoms with van der Waals surface area (Å²) in [5.41, 5.74) is 5.98. The molecule has 0 aromatic heterocycles. The first-order valence-electron chi connectivity index (χ1n) is 5.73. The Morgan fingerprint density at radius 2 is 1.89 bits per heavy atom. The zero-order chi connectivity index (χ0) is 13.1. The van der Waals surface area contributed by atoms with Crippen LogP contribution in [0.15, 0.2) is 36.4 Å². The maximum atomic E-state index is 13.1. The van der Waals surface area contributed by atoms with Crippen molar-refractivity contribution < 1.29 is 13.5 Å². The van der Waals surface area contributed by atoms with Crippen molar-refractivity contribution in [2.75, 3.05) is 13.7 Å². The van der Waals surface area contributed by atoms with E-state index in [1.807, 2.05) is 30.3 Å². The maximum Gasteiger partial charge on any atom is 0.246 e. The van der Waals surface area contributed by atoms with E-state index in [-0.39, 0.29) is 6.54 Å². The number of ether oxygens (including phenoxy) is 1. The molecule has 2 N–H and O–H groups in total. The van der Waals surface area contributed by atoms with Crippen molar-refractivity contribution in [1.82, 2.24) is 0 Å². The summed E-state index contributed by atoms with van der Waals surface area (Å²) in [5, 5.41) is 1.68. The zero-order valence-electron chi connectivity index (χ0n) is 10.1. The SMILES string of the molecule is COc1ccc2ccccc2c1C(CN)C(F)F. The molecule has 0 aliphatic rings. The summed E-state index contributed by atoms with van der Waals surface area (Å²) in [6, 6.07) is 11.0. The fourth-order valence-corrected chi connectivity index (χ4v) is 2.18. The van der Waals surface area contributed by atoms with Crippen LogP contribution < -0.4 is 10.5 Å². The zero-order valence-corrected chi connectivity index (χ0v) is 10.1. The number of hydrogen-bond donors (Lipinski definition) is 1. The highest BCUT2D eigenvalue weighted by atomic mass is 19.3. The molecule has 2 nitrogen and oxygen atoms in total. The Morgan fingerprint density at radius 3 is 2.50 bits per heavy atom. The van der Waals surface area contributed by atoms with E-state index in [2.05, 4.69) is 0 Å². The van der Waals surface area contributed by atoms with Crippen molar-refractivity contribution in [2.45, 2.75) is 12.3 Å². The minimum absolute atomic E-state index is 0.109. The van der Waals surface area contributed by atoms with Gasteiger partial charge in [-0.25, -0.2) is 8.78 Å². The Hall–Kier alpha value is -1.68. The van der Waals surface area contributed by atoms with Crippen molar-refractivity contribution >= 4 is 10.8 Å². The van der Waals surface area contributed by atoms with Crippen LogP contribution in [0.3, 0.4) is 0 Å². The van der Waals surface area contributed by atoms with E-state index in [9.17, 15) is 8.78 Å². The maximum absolute atomic E-state index is 13.1. The van der Waals surface area contributed by atoms with Crippen LogP contribution in [0.1, 0.15) is 11.5 Å². The van der Waals surface area contributed by atoms with Gasteiger partial charge in [0.25, 0.3) is 0 Å². The van der Waals surface area contributed by atoms with Gasteiger partial charge < -0.3 is 10.5 Å². The predicted octanol–water partition coefficient (Wildman–Crippen LogP) is 3.16. The van der Waals surface area contributed by atoms with Crippen LogP contribution in [0.5, 0.6) is 5.75 Å². The number of halogens is 2. The molecule has 0 heterocycles. The molecule has 96 valence electrons. The third-order valence-electron chi connectivity index (χ3n) is 3.08. The predicted molar refractivity (Wildman–Crippen MR) is 68.3 cm³/mol. The van der Waals surface area contributed by atoms with Gasteiger partial charge in [0.05, 0.1) is 13.0 Å². The van der Waals surface area contributed by atoms with Crippen LogP contribution in [0.25, 0.3) is 10.8 Å². The highest BCUT2D eigenvalue weighted by Crippen LogP contribution is 2.36. The number of alkyl halides is 2. The van der Waals surface area contributed by atoms with Crippen molar-refractivity contribution in [1.29, 1.82) is 0 Å². The molecule has 2 aromatic rings. The molecule has 2 aromatic carbocycles. The summed E-state index contributed by atoms with van der Waals surface area (Å²) in [5.74, 6) is -0.546. The standard InChI is InChI=1S/C14H15F2NO/c1-18-12-7-6-9-4-2-3-5-10(9)13(12)11(8-17)14(15)16/h2-7,11,14H,8,17H2,1H3. The number of benzene rings is 2. The molecule has 2 rings (SSSR count). The summed E-state index contributed by atoms with van der Waals surface area (Å²) >= 11 is 0. The molecule has 0 amide bonds. The van der Waals surface area contributed by atoms with Crippen LogP contribution in [-0.2, 0) is 0 Å². The van der Waals surface area contributed by atoms with Crippen LogP contribution in [0, 0.1) is 0 Å². The smallest absolute Gasteiger partial charge is 0.246 e. The molecule has 0 bridgehead atoms. The average molecular weight is 251 g/mol. The fourth-order valence-electron chi connectivity index (χ4n) is 2.18. The first-order valence-corrected chi connectivity index (χ1v) is 5.73. The van der Waals surface area contributed by atoms with Gasteiger partial charge in [-0.1, -0.05) is 30.3 Å². The van der Waals surface area contributed by atoms with Crippen molar-refractivity contribution in [3.05, 3.63) is 42.0 Å². The van der Waals surface area contributed by atoms with Crippen molar-refractivity contribution in [3.63, 3.8) is 0 Å². The first-order chi connectivity index (χ1) is 8.69. The molecule has 18 heavy (non-hydrogen) atoms. The molecule has 0 spiro atoms. The summed E-state index contributed by atoms with van der Waals surface area (Å²) in [4.78, 5) is 0. The molecule has 0 saturated heterocycles. The van der Waals surface area contributed by atoms with E-state index >= 15 is 0 Å². The third kappa shape index (κ3) is 2.16. The topological polar surface area (TPSA) is 35.2 Å². The quantitative estimate of drug-likeness (QED) is 0.906. The van der Waals surface area contributed by atoms with Crippen LogP contribution >= 0.6 is 0 Å². The summed E-state index contributed by atoms with van der Waals surface area (Å²) in [7, 11) is 1.48. The Bertz CT molecular complexity index is 542. The Kier molecular flexibility index (Phi) is 3.77. The van der Waals surface area contributed by atoms with Gasteiger partial charge in [0.2, 0.25) is 6.43 Å². The second kappa shape index (κ2) is 5.31. The summed E-state index contributed by atoms with van der Waals surface area (Å²) < 4.78 is 31.4. The van der Waals surface area contributed by atoms with Crippen molar-refractivity contribution in [3.8, 4) is 5.75 Å². The van der Waals surface area contributed by atoms with Crippen LogP contribution in [0.2, 0.25) is 0 Å². The molecule has 0 aliphatic carbocycles. The lowest BCUT2D eigenvalue weighted by molar-refractivity contribution is 0.116. The molecule has 4 heteroatoms. The molecular weight excluding hydrogens is 236 g/mol. The number of methoxy groups -OCH3 is 1. The van der Waals surface area contributed by atoms with Gasteiger partial charge in [0.1, 0.15) is 5.75 Å². The lowest BCUT2D eigenvalue weighted by Gasteiger charge is -2.19. The average Bonchev–Trinajstić information content (AvgIpc) is 2.39. The third-order valence-corrected chi connectivity index (χ3v) is 3.08. The van der Waals surface area contributed by atoms with Crippen LogP contribution in [0.4, 0.5) is 8.78 Å². The first kappa shape index (κ1) is 12.8. The van der Waals surface area contributed by atoms with E-state index in [1.54, 1.807) is 6.07 Å². The normalized spacial score (nSPS) is 12.9. The Morgan fingerprint density at radius 1 is 1.17 bits per heavy atom. The molecule has 0 radical (unpaired) electrons. The summed E-state index contributed by atoms with van der Waals surface area (Å²) in [6.45, 7) is -0.109. The van der Waals surface area contributed by atoms with Crippen LogP contribution in [-0.4, -0.2) is 20.1 Å². The van der Waals surface area contributed by atoms with E-state index in [1.165, 1.54) is 7.11 Å². The summed E-state index contributed by atoms with van der Waals surface area (Å²) in [6.07, 6.45) is -2.50. The lowest BCUT2D eigenvalue weighted by atomic mass is 9.92. The minimum Gasteiger partial charge on any atom is -0.496 e. The Labute approximate surface area is 104 Å². The Balaban J connectivity index is 2.71. The van der Waals surface area contributed by atoms with Gasteiger partial charge in [-0.2, -0.15) is 0 Å². The number of nitrogens with two attached hydrogens (primary N) is 1. The molecule has 0 aliphatic heterocycles. The minimum atomic E-state index is -2.50. The second-order valence-corrected chi connectivity index (χ2v) is 4.08. The molecule has 0 saturated carbocycles. The molecule has 1 unspecified atom stereocenters. The monoisotopic (exact) mass is 251 g/mol. The second-order valence-electron chi connectivity index (χ2n) is 4.08. The number of hydrogen-bond acceptors (Lipinski definition) is 2.